The van der Waals surface area contributed by atoms with E-state index in [0.29, 0.717) is 6.54 Å². The van der Waals surface area contributed by atoms with E-state index in [1.807, 2.05) is 36.4 Å². The van der Waals surface area contributed by atoms with Gasteiger partial charge in [0.25, 0.3) is 0 Å². The van der Waals surface area contributed by atoms with Crippen LogP contribution in [0.5, 0.6) is 0 Å². The Bertz CT molecular complexity index is 507. The smallest absolute Gasteiger partial charge is 0.227 e. The molecule has 0 bridgehead atoms. The zero-order valence-electron chi connectivity index (χ0n) is 11.8. The molecule has 106 valence electrons. The summed E-state index contributed by atoms with van der Waals surface area (Å²) < 4.78 is 0. The van der Waals surface area contributed by atoms with E-state index in [1.165, 1.54) is 4.88 Å². The van der Waals surface area contributed by atoms with Gasteiger partial charge in [-0.1, -0.05) is 49.7 Å². The van der Waals surface area contributed by atoms with Crippen LogP contribution in [-0.2, 0) is 11.2 Å². The normalized spacial score (nSPS) is 12.1. The second kappa shape index (κ2) is 7.85. The Morgan fingerprint density at radius 2 is 2.00 bits per heavy atom. The molecule has 0 aliphatic rings. The van der Waals surface area contributed by atoms with Crippen molar-refractivity contribution in [1.82, 2.24) is 5.32 Å². The van der Waals surface area contributed by atoms with E-state index in [9.17, 15) is 4.79 Å². The van der Waals surface area contributed by atoms with Gasteiger partial charge in [0.2, 0.25) is 5.91 Å². The van der Waals surface area contributed by atoms with Crippen molar-refractivity contribution in [3.05, 3.63) is 58.3 Å². The molecule has 1 aromatic heterocycles. The van der Waals surface area contributed by atoms with E-state index in [4.69, 9.17) is 0 Å². The molecular formula is C17H21NOS. The molecule has 1 N–H and O–H groups in total. The molecule has 3 heteroatoms. The van der Waals surface area contributed by atoms with Gasteiger partial charge in [-0.15, -0.1) is 11.3 Å². The van der Waals surface area contributed by atoms with Crippen LogP contribution < -0.4 is 5.32 Å². The Labute approximate surface area is 124 Å². The standard InChI is InChI=1S/C17H21NOS/c1-2-7-16(14-8-4-3-5-9-14)17(19)18-12-11-15-10-6-13-20-15/h3-6,8-10,13,16H,2,7,11-12H2,1H3,(H,18,19). The molecule has 1 heterocycles. The number of nitrogens with one attached hydrogen (secondary N) is 1. The van der Waals surface area contributed by atoms with Crippen LogP contribution in [0.15, 0.2) is 47.8 Å². The zero-order chi connectivity index (χ0) is 14.2. The molecule has 0 saturated heterocycles. The maximum absolute atomic E-state index is 12.4. The fraction of sp³-hybridized carbons (Fsp3) is 0.353. The maximum atomic E-state index is 12.4. The minimum Gasteiger partial charge on any atom is -0.355 e. The lowest BCUT2D eigenvalue weighted by Gasteiger charge is -2.16. The first-order valence-corrected chi connectivity index (χ1v) is 8.04. The molecular weight excluding hydrogens is 266 g/mol. The largest absolute Gasteiger partial charge is 0.355 e. The highest BCUT2D eigenvalue weighted by molar-refractivity contribution is 7.09. The van der Waals surface area contributed by atoms with E-state index in [-0.39, 0.29) is 11.8 Å². The Morgan fingerprint density at radius 3 is 2.65 bits per heavy atom. The molecule has 2 aromatic rings. The molecule has 20 heavy (non-hydrogen) atoms. The number of rotatable bonds is 7. The van der Waals surface area contributed by atoms with Crippen molar-refractivity contribution in [1.29, 1.82) is 0 Å². The summed E-state index contributed by atoms with van der Waals surface area (Å²) in [7, 11) is 0. The Kier molecular flexibility index (Phi) is 5.81. The molecule has 1 amide bonds. The zero-order valence-corrected chi connectivity index (χ0v) is 12.7. The molecule has 1 unspecified atom stereocenters. The van der Waals surface area contributed by atoms with Gasteiger partial charge in [-0.25, -0.2) is 0 Å². The molecule has 2 nitrogen and oxygen atoms in total. The molecule has 0 radical (unpaired) electrons. The summed E-state index contributed by atoms with van der Waals surface area (Å²) in [6, 6.07) is 14.2. The van der Waals surface area contributed by atoms with Gasteiger partial charge in [0.1, 0.15) is 0 Å². The van der Waals surface area contributed by atoms with Crippen LogP contribution in [0.2, 0.25) is 0 Å². The summed E-state index contributed by atoms with van der Waals surface area (Å²) in [5.41, 5.74) is 1.11. The lowest BCUT2D eigenvalue weighted by molar-refractivity contribution is -0.122. The van der Waals surface area contributed by atoms with Crippen LogP contribution >= 0.6 is 11.3 Å². The number of carbonyl (C=O) groups is 1. The van der Waals surface area contributed by atoms with Crippen LogP contribution in [0.3, 0.4) is 0 Å². The monoisotopic (exact) mass is 287 g/mol. The van der Waals surface area contributed by atoms with Gasteiger partial charge in [-0.3, -0.25) is 4.79 Å². The molecule has 2 rings (SSSR count). The fourth-order valence-corrected chi connectivity index (χ4v) is 3.02. The van der Waals surface area contributed by atoms with Crippen molar-refractivity contribution in [2.45, 2.75) is 32.1 Å². The summed E-state index contributed by atoms with van der Waals surface area (Å²) in [6.45, 7) is 2.83. The number of hydrogen-bond donors (Lipinski definition) is 1. The number of hydrogen-bond acceptors (Lipinski definition) is 2. The quantitative estimate of drug-likeness (QED) is 0.819. The average Bonchev–Trinajstić information content (AvgIpc) is 2.99. The topological polar surface area (TPSA) is 29.1 Å². The molecule has 0 fully saturated rings. The van der Waals surface area contributed by atoms with E-state index in [2.05, 4.69) is 23.7 Å². The highest BCUT2D eigenvalue weighted by Crippen LogP contribution is 2.21. The number of thiophene rings is 1. The van der Waals surface area contributed by atoms with Crippen LogP contribution in [0.25, 0.3) is 0 Å². The molecule has 0 aliphatic carbocycles. The third-order valence-electron chi connectivity index (χ3n) is 3.35. The third kappa shape index (κ3) is 4.20. The molecule has 1 aromatic carbocycles. The minimum absolute atomic E-state index is 0.0236. The van der Waals surface area contributed by atoms with Gasteiger partial charge in [-0.2, -0.15) is 0 Å². The summed E-state index contributed by atoms with van der Waals surface area (Å²) in [6.07, 6.45) is 2.82. The number of amides is 1. The van der Waals surface area contributed by atoms with Crippen molar-refractivity contribution in [2.75, 3.05) is 6.54 Å². The van der Waals surface area contributed by atoms with E-state index < -0.39 is 0 Å². The Balaban J connectivity index is 1.90. The van der Waals surface area contributed by atoms with Crippen molar-refractivity contribution in [3.63, 3.8) is 0 Å². The highest BCUT2D eigenvalue weighted by Gasteiger charge is 2.18. The summed E-state index contributed by atoms with van der Waals surface area (Å²) in [5, 5.41) is 5.14. The van der Waals surface area contributed by atoms with E-state index in [0.717, 1.165) is 24.8 Å². The van der Waals surface area contributed by atoms with Gasteiger partial charge in [0.15, 0.2) is 0 Å². The van der Waals surface area contributed by atoms with E-state index >= 15 is 0 Å². The third-order valence-corrected chi connectivity index (χ3v) is 4.28. The first-order valence-electron chi connectivity index (χ1n) is 7.16. The molecule has 0 spiro atoms. The summed E-state index contributed by atoms with van der Waals surface area (Å²) in [4.78, 5) is 13.7. The second-order valence-electron chi connectivity index (χ2n) is 4.87. The number of carbonyl (C=O) groups excluding carboxylic acids is 1. The summed E-state index contributed by atoms with van der Waals surface area (Å²) >= 11 is 1.74. The van der Waals surface area contributed by atoms with Crippen molar-refractivity contribution in [3.8, 4) is 0 Å². The summed E-state index contributed by atoms with van der Waals surface area (Å²) in [5.74, 6) is 0.124. The Morgan fingerprint density at radius 1 is 1.20 bits per heavy atom. The molecule has 1 atom stereocenters. The van der Waals surface area contributed by atoms with Gasteiger partial charge in [-0.05, 0) is 29.9 Å². The average molecular weight is 287 g/mol. The van der Waals surface area contributed by atoms with Gasteiger partial charge in [0, 0.05) is 11.4 Å². The van der Waals surface area contributed by atoms with Gasteiger partial charge >= 0.3 is 0 Å². The second-order valence-corrected chi connectivity index (χ2v) is 5.90. The van der Waals surface area contributed by atoms with Crippen LogP contribution in [0.1, 0.15) is 36.1 Å². The minimum atomic E-state index is -0.0236. The lowest BCUT2D eigenvalue weighted by Crippen LogP contribution is -2.31. The van der Waals surface area contributed by atoms with Crippen LogP contribution in [-0.4, -0.2) is 12.5 Å². The number of benzene rings is 1. The fourth-order valence-electron chi connectivity index (χ4n) is 2.31. The first kappa shape index (κ1) is 14.8. The van der Waals surface area contributed by atoms with Crippen molar-refractivity contribution in [2.24, 2.45) is 0 Å². The van der Waals surface area contributed by atoms with Crippen molar-refractivity contribution < 1.29 is 4.79 Å². The predicted molar refractivity (Wildman–Crippen MR) is 85.1 cm³/mol. The first-order chi connectivity index (χ1) is 9.81. The molecule has 0 aliphatic heterocycles. The Hall–Kier alpha value is -1.61. The van der Waals surface area contributed by atoms with Gasteiger partial charge < -0.3 is 5.32 Å². The van der Waals surface area contributed by atoms with Gasteiger partial charge in [0.05, 0.1) is 5.92 Å². The lowest BCUT2D eigenvalue weighted by atomic mass is 9.93. The van der Waals surface area contributed by atoms with Crippen LogP contribution in [0.4, 0.5) is 0 Å². The van der Waals surface area contributed by atoms with E-state index in [1.54, 1.807) is 11.3 Å². The maximum Gasteiger partial charge on any atom is 0.227 e. The highest BCUT2D eigenvalue weighted by atomic mass is 32.1. The predicted octanol–water partition coefficient (Wildman–Crippen LogP) is 3.99. The van der Waals surface area contributed by atoms with Crippen molar-refractivity contribution >= 4 is 17.2 Å². The SMILES string of the molecule is CCCC(C(=O)NCCc1cccs1)c1ccccc1. The van der Waals surface area contributed by atoms with Crippen LogP contribution in [0, 0.1) is 0 Å². The molecule has 0 saturated carbocycles.